The molecule has 0 amide bonds. The van der Waals surface area contributed by atoms with Crippen LogP contribution >= 0.6 is 0 Å². The van der Waals surface area contributed by atoms with Crippen molar-refractivity contribution in [3.05, 3.63) is 61.1 Å². The van der Waals surface area contributed by atoms with Gasteiger partial charge in [-0.1, -0.05) is 24.3 Å². The number of hydrogen-bond donors (Lipinski definition) is 3. The molecule has 0 atom stereocenters. The van der Waals surface area contributed by atoms with E-state index < -0.39 is 0 Å². The number of benzene rings is 2. The van der Waals surface area contributed by atoms with Crippen molar-refractivity contribution in [3.8, 4) is 28.5 Å². The lowest BCUT2D eigenvalue weighted by atomic mass is 10.0. The molecule has 2 aromatic heterocycles. The number of phenols is 1. The number of para-hydroxylation sites is 1. The minimum Gasteiger partial charge on any atom is -0.504 e. The van der Waals surface area contributed by atoms with Gasteiger partial charge in [-0.25, -0.2) is 9.97 Å². The van der Waals surface area contributed by atoms with Gasteiger partial charge in [0, 0.05) is 17.4 Å². The van der Waals surface area contributed by atoms with E-state index in [4.69, 9.17) is 10.5 Å². The summed E-state index contributed by atoms with van der Waals surface area (Å²) in [7, 11) is 0. The molecule has 6 heteroatoms. The van der Waals surface area contributed by atoms with Crippen LogP contribution in [0.2, 0.25) is 0 Å². The van der Waals surface area contributed by atoms with E-state index in [0.29, 0.717) is 28.5 Å². The number of phenolic OH excluding ortho intramolecular Hbond substituents is 1. The average molecular weight is 318 g/mol. The summed E-state index contributed by atoms with van der Waals surface area (Å²) in [6.45, 7) is 0. The zero-order valence-corrected chi connectivity index (χ0v) is 12.6. The van der Waals surface area contributed by atoms with Crippen LogP contribution in [0.1, 0.15) is 0 Å². The first-order valence-electron chi connectivity index (χ1n) is 7.36. The van der Waals surface area contributed by atoms with Crippen molar-refractivity contribution in [1.82, 2.24) is 15.0 Å². The lowest BCUT2D eigenvalue weighted by molar-refractivity contribution is 0.406. The monoisotopic (exact) mass is 318 g/mol. The van der Waals surface area contributed by atoms with E-state index >= 15 is 0 Å². The number of H-pyrrole nitrogens is 1. The number of aromatic nitrogens is 3. The fourth-order valence-corrected chi connectivity index (χ4v) is 2.58. The Hall–Kier alpha value is -3.54. The van der Waals surface area contributed by atoms with Crippen LogP contribution in [-0.4, -0.2) is 20.1 Å². The maximum atomic E-state index is 10.6. The zero-order chi connectivity index (χ0) is 16.5. The highest BCUT2D eigenvalue weighted by atomic mass is 16.5. The highest BCUT2D eigenvalue weighted by Gasteiger charge is 2.13. The second-order valence-corrected chi connectivity index (χ2v) is 5.30. The van der Waals surface area contributed by atoms with E-state index in [1.165, 1.54) is 6.33 Å². The van der Waals surface area contributed by atoms with Gasteiger partial charge in [0.25, 0.3) is 0 Å². The molecule has 0 unspecified atom stereocenters. The summed E-state index contributed by atoms with van der Waals surface area (Å²) in [5.74, 6) is 0.725. The van der Waals surface area contributed by atoms with Crippen LogP contribution < -0.4 is 10.5 Å². The van der Waals surface area contributed by atoms with E-state index in [1.807, 2.05) is 30.3 Å². The molecule has 0 spiro atoms. The summed E-state index contributed by atoms with van der Waals surface area (Å²) in [5, 5.41) is 11.3. The van der Waals surface area contributed by atoms with Gasteiger partial charge in [0.2, 0.25) is 5.88 Å². The highest BCUT2D eigenvalue weighted by Crippen LogP contribution is 2.40. The SMILES string of the molecule is Nc1cccc(-c2cccc(Oc3ncnc4[nH]ccc34)c2O)c1. The number of nitrogens with one attached hydrogen (secondary N) is 1. The molecule has 2 heterocycles. The summed E-state index contributed by atoms with van der Waals surface area (Å²) in [4.78, 5) is 11.3. The van der Waals surface area contributed by atoms with Gasteiger partial charge in [-0.3, -0.25) is 0 Å². The van der Waals surface area contributed by atoms with Crippen molar-refractivity contribution in [2.45, 2.75) is 0 Å². The molecule has 0 bridgehead atoms. The molecule has 6 nitrogen and oxygen atoms in total. The first-order chi connectivity index (χ1) is 11.7. The van der Waals surface area contributed by atoms with Crippen LogP contribution in [0.15, 0.2) is 61.1 Å². The van der Waals surface area contributed by atoms with E-state index in [-0.39, 0.29) is 5.75 Å². The highest BCUT2D eigenvalue weighted by molar-refractivity contribution is 5.81. The van der Waals surface area contributed by atoms with Gasteiger partial charge in [-0.2, -0.15) is 0 Å². The molecule has 4 N–H and O–H groups in total. The third-order valence-electron chi connectivity index (χ3n) is 3.72. The number of anilines is 1. The number of fused-ring (bicyclic) bond motifs is 1. The standard InChI is InChI=1S/C18H14N4O2/c19-12-4-1-3-11(9-12)13-5-2-6-15(16(13)23)24-18-14-7-8-20-17(14)21-10-22-18/h1-10,23H,19H2,(H,20,21,22). The van der Waals surface area contributed by atoms with E-state index in [2.05, 4.69) is 15.0 Å². The van der Waals surface area contributed by atoms with E-state index in [9.17, 15) is 5.11 Å². The predicted molar refractivity (Wildman–Crippen MR) is 91.9 cm³/mol. The lowest BCUT2D eigenvalue weighted by Gasteiger charge is -2.11. The Kier molecular flexibility index (Phi) is 3.28. The van der Waals surface area contributed by atoms with Crippen LogP contribution in [0.5, 0.6) is 17.4 Å². The largest absolute Gasteiger partial charge is 0.504 e. The van der Waals surface area contributed by atoms with Gasteiger partial charge in [-0.15, -0.1) is 0 Å². The third kappa shape index (κ3) is 2.40. The number of hydrogen-bond acceptors (Lipinski definition) is 5. The van der Waals surface area contributed by atoms with Crippen LogP contribution in [0.4, 0.5) is 5.69 Å². The van der Waals surface area contributed by atoms with Crippen molar-refractivity contribution in [1.29, 1.82) is 0 Å². The lowest BCUT2D eigenvalue weighted by Crippen LogP contribution is -1.92. The van der Waals surface area contributed by atoms with Crippen molar-refractivity contribution in [2.24, 2.45) is 0 Å². The number of ether oxygens (including phenoxy) is 1. The summed E-state index contributed by atoms with van der Waals surface area (Å²) < 4.78 is 5.82. The molecule has 0 aliphatic carbocycles. The van der Waals surface area contributed by atoms with Gasteiger partial charge >= 0.3 is 0 Å². The van der Waals surface area contributed by atoms with Gasteiger partial charge in [-0.05, 0) is 29.8 Å². The maximum Gasteiger partial charge on any atom is 0.232 e. The number of aromatic amines is 1. The zero-order valence-electron chi connectivity index (χ0n) is 12.6. The Morgan fingerprint density at radius 3 is 2.79 bits per heavy atom. The molecule has 0 aliphatic heterocycles. The Morgan fingerprint density at radius 1 is 1.04 bits per heavy atom. The maximum absolute atomic E-state index is 10.6. The van der Waals surface area contributed by atoms with Gasteiger partial charge < -0.3 is 20.6 Å². The molecule has 118 valence electrons. The molecule has 0 fully saturated rings. The smallest absolute Gasteiger partial charge is 0.232 e. The van der Waals surface area contributed by atoms with Crippen molar-refractivity contribution >= 4 is 16.7 Å². The molecular weight excluding hydrogens is 304 g/mol. The molecule has 4 rings (SSSR count). The van der Waals surface area contributed by atoms with Crippen molar-refractivity contribution in [2.75, 3.05) is 5.73 Å². The fourth-order valence-electron chi connectivity index (χ4n) is 2.58. The third-order valence-corrected chi connectivity index (χ3v) is 3.72. The first-order valence-corrected chi connectivity index (χ1v) is 7.36. The molecular formula is C18H14N4O2. The average Bonchev–Trinajstić information content (AvgIpc) is 3.06. The van der Waals surface area contributed by atoms with Crippen LogP contribution in [0.25, 0.3) is 22.2 Å². The second kappa shape index (κ2) is 5.58. The van der Waals surface area contributed by atoms with Crippen molar-refractivity contribution < 1.29 is 9.84 Å². The number of nitrogen functional groups attached to an aromatic ring is 1. The molecule has 4 aromatic rings. The summed E-state index contributed by atoms with van der Waals surface area (Å²) in [6, 6.07) is 14.4. The fraction of sp³-hybridized carbons (Fsp3) is 0. The van der Waals surface area contributed by atoms with Crippen LogP contribution in [0.3, 0.4) is 0 Å². The first kappa shape index (κ1) is 14.1. The Labute approximate surface area is 137 Å². The Bertz CT molecular complexity index is 1030. The molecule has 0 saturated carbocycles. The second-order valence-electron chi connectivity index (χ2n) is 5.30. The Balaban J connectivity index is 1.77. The number of aromatic hydroxyl groups is 1. The van der Waals surface area contributed by atoms with E-state index in [0.717, 1.165) is 10.9 Å². The molecule has 0 saturated heterocycles. The predicted octanol–water partition coefficient (Wildman–Crippen LogP) is 3.71. The van der Waals surface area contributed by atoms with E-state index in [1.54, 1.807) is 24.4 Å². The van der Waals surface area contributed by atoms with Crippen molar-refractivity contribution in [3.63, 3.8) is 0 Å². The number of nitrogens with two attached hydrogens (primary N) is 1. The molecule has 24 heavy (non-hydrogen) atoms. The normalized spacial score (nSPS) is 10.8. The number of rotatable bonds is 3. The topological polar surface area (TPSA) is 97.0 Å². The summed E-state index contributed by atoms with van der Waals surface area (Å²) in [6.07, 6.45) is 3.17. The van der Waals surface area contributed by atoms with Crippen LogP contribution in [-0.2, 0) is 0 Å². The molecule has 0 radical (unpaired) electrons. The number of nitrogens with zero attached hydrogens (tertiary/aromatic N) is 2. The Morgan fingerprint density at radius 2 is 1.92 bits per heavy atom. The van der Waals surface area contributed by atoms with Gasteiger partial charge in [0.05, 0.1) is 5.39 Å². The summed E-state index contributed by atoms with van der Waals surface area (Å²) >= 11 is 0. The minimum absolute atomic E-state index is 0.0328. The van der Waals surface area contributed by atoms with Gasteiger partial charge in [0.15, 0.2) is 11.5 Å². The quantitative estimate of drug-likeness (QED) is 0.500. The molecule has 2 aromatic carbocycles. The van der Waals surface area contributed by atoms with Crippen LogP contribution in [0, 0.1) is 0 Å². The minimum atomic E-state index is 0.0328. The molecule has 0 aliphatic rings. The summed E-state index contributed by atoms with van der Waals surface area (Å²) in [5.41, 5.74) is 8.58. The van der Waals surface area contributed by atoms with Gasteiger partial charge in [0.1, 0.15) is 12.0 Å².